The molecule has 0 radical (unpaired) electrons. The molecule has 172 valence electrons. The van der Waals surface area contributed by atoms with Gasteiger partial charge < -0.3 is 19.9 Å². The maximum absolute atomic E-state index is 12.5. The molecule has 0 bridgehead atoms. The lowest BCUT2D eigenvalue weighted by Crippen LogP contribution is -2.54. The number of amides is 1. The van der Waals surface area contributed by atoms with E-state index in [4.69, 9.17) is 4.74 Å². The van der Waals surface area contributed by atoms with Gasteiger partial charge in [0.2, 0.25) is 5.91 Å². The molecule has 0 atom stereocenters. The summed E-state index contributed by atoms with van der Waals surface area (Å²) >= 11 is 0. The molecule has 0 aromatic heterocycles. The van der Waals surface area contributed by atoms with Gasteiger partial charge in [0.15, 0.2) is 5.96 Å². The molecule has 1 N–H and O–H groups in total. The number of aliphatic imine (C=N–C) groups is 1. The third-order valence-electron chi connectivity index (χ3n) is 5.26. The zero-order valence-electron chi connectivity index (χ0n) is 17.9. The normalized spacial score (nSPS) is 17.8. The fraction of sp³-hybridized carbons (Fsp3) is 0.600. The molecule has 2 saturated heterocycles. The van der Waals surface area contributed by atoms with Crippen LogP contribution in [0.4, 0.5) is 5.69 Å². The molecular formula is C20H31IN6O4. The SMILES string of the molecule is CCNC(=NCc1cccc([N+](=O)[O-])c1)N1CCN(CC(=O)N2CCOCC2)CC1.I. The number of nitrogens with one attached hydrogen (secondary N) is 1. The second-order valence-electron chi connectivity index (χ2n) is 7.35. The van der Waals surface area contributed by atoms with E-state index in [0.29, 0.717) is 39.4 Å². The van der Waals surface area contributed by atoms with E-state index in [9.17, 15) is 14.9 Å². The van der Waals surface area contributed by atoms with Crippen LogP contribution in [0.15, 0.2) is 29.3 Å². The number of non-ortho nitro benzene ring substituents is 1. The summed E-state index contributed by atoms with van der Waals surface area (Å²) in [6, 6.07) is 6.56. The average molecular weight is 546 g/mol. The Bertz CT molecular complexity index is 764. The molecule has 1 aromatic rings. The number of hydrogen-bond acceptors (Lipinski definition) is 6. The molecule has 1 amide bonds. The summed E-state index contributed by atoms with van der Waals surface area (Å²) in [6.45, 7) is 9.28. The van der Waals surface area contributed by atoms with E-state index < -0.39 is 4.92 Å². The van der Waals surface area contributed by atoms with E-state index in [0.717, 1.165) is 44.2 Å². The van der Waals surface area contributed by atoms with Crippen molar-refractivity contribution in [1.82, 2.24) is 20.0 Å². The number of nitro groups is 1. The molecule has 0 spiro atoms. The number of rotatable bonds is 6. The summed E-state index contributed by atoms with van der Waals surface area (Å²) < 4.78 is 5.31. The Morgan fingerprint density at radius 3 is 2.52 bits per heavy atom. The van der Waals surface area contributed by atoms with Crippen LogP contribution in [-0.2, 0) is 16.1 Å². The smallest absolute Gasteiger partial charge is 0.269 e. The highest BCUT2D eigenvalue weighted by molar-refractivity contribution is 14.0. The lowest BCUT2D eigenvalue weighted by Gasteiger charge is -2.37. The van der Waals surface area contributed by atoms with Crippen molar-refractivity contribution in [2.45, 2.75) is 13.5 Å². The van der Waals surface area contributed by atoms with Crippen LogP contribution in [0, 0.1) is 10.1 Å². The molecule has 2 heterocycles. The number of morpholine rings is 1. The van der Waals surface area contributed by atoms with Gasteiger partial charge in [-0.3, -0.25) is 19.8 Å². The van der Waals surface area contributed by atoms with Crippen molar-refractivity contribution in [2.24, 2.45) is 4.99 Å². The van der Waals surface area contributed by atoms with Crippen molar-refractivity contribution in [2.75, 3.05) is 65.6 Å². The van der Waals surface area contributed by atoms with Crippen molar-refractivity contribution >= 4 is 41.5 Å². The first-order valence-electron chi connectivity index (χ1n) is 10.4. The molecule has 11 heteroatoms. The second kappa shape index (κ2) is 12.8. The fourth-order valence-corrected chi connectivity index (χ4v) is 3.58. The van der Waals surface area contributed by atoms with Gasteiger partial charge in [-0.25, -0.2) is 4.99 Å². The highest BCUT2D eigenvalue weighted by Crippen LogP contribution is 2.14. The molecule has 1 aromatic carbocycles. The number of piperazine rings is 1. The van der Waals surface area contributed by atoms with Gasteiger partial charge in [-0.05, 0) is 12.5 Å². The minimum Gasteiger partial charge on any atom is -0.378 e. The Kier molecular flexibility index (Phi) is 10.4. The number of hydrogen-bond donors (Lipinski definition) is 1. The van der Waals surface area contributed by atoms with Gasteiger partial charge in [0.1, 0.15) is 0 Å². The summed E-state index contributed by atoms with van der Waals surface area (Å²) in [6.07, 6.45) is 0. The van der Waals surface area contributed by atoms with E-state index in [1.165, 1.54) is 6.07 Å². The van der Waals surface area contributed by atoms with Crippen LogP contribution < -0.4 is 5.32 Å². The Hall–Kier alpha value is -1.99. The van der Waals surface area contributed by atoms with Crippen LogP contribution >= 0.6 is 24.0 Å². The molecule has 0 unspecified atom stereocenters. The molecule has 3 rings (SSSR count). The van der Waals surface area contributed by atoms with Gasteiger partial charge in [0, 0.05) is 57.9 Å². The van der Waals surface area contributed by atoms with Crippen molar-refractivity contribution in [3.8, 4) is 0 Å². The summed E-state index contributed by atoms with van der Waals surface area (Å²) in [5, 5.41) is 14.3. The first-order valence-corrected chi connectivity index (χ1v) is 10.4. The number of nitro benzene ring substituents is 1. The van der Waals surface area contributed by atoms with Crippen molar-refractivity contribution < 1.29 is 14.5 Å². The Balaban J connectivity index is 0.00000341. The summed E-state index contributed by atoms with van der Waals surface area (Å²) in [4.78, 5) is 33.9. The largest absolute Gasteiger partial charge is 0.378 e. The second-order valence-corrected chi connectivity index (χ2v) is 7.35. The standard InChI is InChI=1S/C20H30N6O4.HI/c1-2-21-20(22-15-17-4-3-5-18(14-17)26(28)29)25-8-6-23(7-9-25)16-19(27)24-10-12-30-13-11-24;/h3-5,14H,2,6-13,15-16H2,1H3,(H,21,22);1H. The molecule has 2 aliphatic rings. The van der Waals surface area contributed by atoms with Crippen LogP contribution in [0.25, 0.3) is 0 Å². The number of carbonyl (C=O) groups is 1. The van der Waals surface area contributed by atoms with Gasteiger partial charge in [0.25, 0.3) is 5.69 Å². The maximum atomic E-state index is 12.5. The van der Waals surface area contributed by atoms with Crippen LogP contribution in [0.1, 0.15) is 12.5 Å². The Labute approximate surface area is 199 Å². The minimum absolute atomic E-state index is 0. The van der Waals surface area contributed by atoms with E-state index in [1.807, 2.05) is 17.9 Å². The number of nitrogens with zero attached hydrogens (tertiary/aromatic N) is 5. The maximum Gasteiger partial charge on any atom is 0.269 e. The van der Waals surface area contributed by atoms with Crippen molar-refractivity contribution in [3.63, 3.8) is 0 Å². The fourth-order valence-electron chi connectivity index (χ4n) is 3.58. The van der Waals surface area contributed by atoms with Crippen LogP contribution in [0.3, 0.4) is 0 Å². The van der Waals surface area contributed by atoms with Gasteiger partial charge in [0.05, 0.1) is 31.2 Å². The average Bonchev–Trinajstić information content (AvgIpc) is 2.78. The lowest BCUT2D eigenvalue weighted by molar-refractivity contribution is -0.384. The zero-order chi connectivity index (χ0) is 21.3. The minimum atomic E-state index is -0.393. The quantitative estimate of drug-likeness (QED) is 0.188. The molecule has 2 aliphatic heterocycles. The topological polar surface area (TPSA) is 104 Å². The summed E-state index contributed by atoms with van der Waals surface area (Å²) in [5.41, 5.74) is 0.876. The third kappa shape index (κ3) is 7.58. The van der Waals surface area contributed by atoms with Crippen molar-refractivity contribution in [3.05, 3.63) is 39.9 Å². The van der Waals surface area contributed by atoms with E-state index >= 15 is 0 Å². The number of ether oxygens (including phenoxy) is 1. The molecule has 0 saturated carbocycles. The first kappa shape index (κ1) is 25.3. The Morgan fingerprint density at radius 1 is 1.16 bits per heavy atom. The highest BCUT2D eigenvalue weighted by atomic mass is 127. The lowest BCUT2D eigenvalue weighted by atomic mass is 10.2. The van der Waals surface area contributed by atoms with Crippen molar-refractivity contribution in [1.29, 1.82) is 0 Å². The molecule has 2 fully saturated rings. The summed E-state index contributed by atoms with van der Waals surface area (Å²) in [7, 11) is 0. The molecule has 10 nitrogen and oxygen atoms in total. The predicted octanol–water partition coefficient (Wildman–Crippen LogP) is 1.15. The van der Waals surface area contributed by atoms with Crippen LogP contribution in [-0.4, -0.2) is 97.1 Å². The molecular weight excluding hydrogens is 515 g/mol. The molecule has 31 heavy (non-hydrogen) atoms. The van der Waals surface area contributed by atoms with Gasteiger partial charge in [-0.15, -0.1) is 24.0 Å². The van der Waals surface area contributed by atoms with Gasteiger partial charge in [-0.1, -0.05) is 12.1 Å². The number of halogens is 1. The van der Waals surface area contributed by atoms with Gasteiger partial charge >= 0.3 is 0 Å². The number of benzene rings is 1. The number of carbonyl (C=O) groups excluding carboxylic acids is 1. The van der Waals surface area contributed by atoms with Gasteiger partial charge in [-0.2, -0.15) is 0 Å². The first-order chi connectivity index (χ1) is 14.6. The molecule has 0 aliphatic carbocycles. The third-order valence-corrected chi connectivity index (χ3v) is 5.26. The zero-order valence-corrected chi connectivity index (χ0v) is 20.2. The van der Waals surface area contributed by atoms with Crippen LogP contribution in [0.2, 0.25) is 0 Å². The van der Waals surface area contributed by atoms with E-state index in [1.54, 1.807) is 12.1 Å². The van der Waals surface area contributed by atoms with Crippen LogP contribution in [0.5, 0.6) is 0 Å². The summed E-state index contributed by atoms with van der Waals surface area (Å²) in [5.74, 6) is 0.959. The monoisotopic (exact) mass is 546 g/mol. The highest BCUT2D eigenvalue weighted by Gasteiger charge is 2.24. The van der Waals surface area contributed by atoms with E-state index in [2.05, 4.69) is 20.1 Å². The number of guanidine groups is 1. The predicted molar refractivity (Wildman–Crippen MR) is 129 cm³/mol. The van der Waals surface area contributed by atoms with E-state index in [-0.39, 0.29) is 35.6 Å². The Morgan fingerprint density at radius 2 is 1.87 bits per heavy atom.